The Balaban J connectivity index is 2.33. The molecule has 0 amide bonds. The minimum Gasteiger partial charge on any atom is -0.394 e. The predicted molar refractivity (Wildman–Crippen MR) is 56.4 cm³/mol. The molecule has 9 heteroatoms. The van der Waals surface area contributed by atoms with E-state index in [4.69, 9.17) is 27.5 Å². The Morgan fingerprint density at radius 1 is 1.50 bits per heavy atom. The molecule has 2 rings (SSSR count). The third-order valence-electron chi connectivity index (χ3n) is 2.39. The second-order valence-electron chi connectivity index (χ2n) is 3.41. The van der Waals surface area contributed by atoms with Gasteiger partial charge in [-0.2, -0.15) is 0 Å². The van der Waals surface area contributed by atoms with Crippen LogP contribution in [0.5, 0.6) is 0 Å². The molecule has 0 aromatic carbocycles. The van der Waals surface area contributed by atoms with Gasteiger partial charge in [-0.25, -0.2) is 4.68 Å². The topological polar surface area (TPSA) is 114 Å². The van der Waals surface area contributed by atoms with Crippen LogP contribution in [0.25, 0.3) is 0 Å². The number of nitrogens with one attached hydrogen (secondary N) is 2. The lowest BCUT2D eigenvalue weighted by atomic mass is 10.1. The fraction of sp³-hybridized carbons (Fsp3) is 0.714. The molecule has 0 spiro atoms. The molecule has 1 saturated heterocycles. The maximum Gasteiger partial charge on any atom is 0.201 e. The van der Waals surface area contributed by atoms with E-state index in [1.165, 1.54) is 4.68 Å². The average molecular weight is 265 g/mol. The molecular formula is C7H11N3O4S2. The van der Waals surface area contributed by atoms with Gasteiger partial charge in [-0.15, -0.1) is 0 Å². The van der Waals surface area contributed by atoms with E-state index >= 15 is 0 Å². The number of nitrogens with zero attached hydrogens (tertiary/aromatic N) is 1. The highest BCUT2D eigenvalue weighted by Crippen LogP contribution is 2.27. The van der Waals surface area contributed by atoms with E-state index in [1.807, 2.05) is 0 Å². The van der Waals surface area contributed by atoms with Crippen molar-refractivity contribution in [2.45, 2.75) is 24.5 Å². The summed E-state index contributed by atoms with van der Waals surface area (Å²) in [7, 11) is 0. The zero-order valence-corrected chi connectivity index (χ0v) is 9.66. The summed E-state index contributed by atoms with van der Waals surface area (Å²) >= 11 is 5.88. The van der Waals surface area contributed by atoms with Gasteiger partial charge in [-0.05, 0) is 12.2 Å². The van der Waals surface area contributed by atoms with Crippen LogP contribution in [0.1, 0.15) is 6.23 Å². The molecule has 1 aromatic heterocycles. The summed E-state index contributed by atoms with van der Waals surface area (Å²) in [6.45, 7) is -0.395. The molecule has 90 valence electrons. The van der Waals surface area contributed by atoms with Crippen LogP contribution in [-0.4, -0.2) is 50.0 Å². The number of H-pyrrole nitrogens is 1. The molecule has 0 radical (unpaired) electrons. The molecule has 1 fully saturated rings. The molecule has 1 aromatic rings. The Hall–Kier alpha value is -0.580. The summed E-state index contributed by atoms with van der Waals surface area (Å²) in [5.74, 6) is 0. The lowest BCUT2D eigenvalue weighted by Gasteiger charge is -2.14. The highest BCUT2D eigenvalue weighted by atomic mass is 32.1. The van der Waals surface area contributed by atoms with Crippen LogP contribution >= 0.6 is 23.6 Å². The Morgan fingerprint density at radius 2 is 2.19 bits per heavy atom. The third kappa shape index (κ3) is 1.85. The molecule has 1 unspecified atom stereocenters. The normalized spacial score (nSPS) is 34.4. The van der Waals surface area contributed by atoms with Crippen molar-refractivity contribution in [3.8, 4) is 0 Å². The molecular weight excluding hydrogens is 254 g/mol. The molecule has 0 saturated carbocycles. The fourth-order valence-corrected chi connectivity index (χ4v) is 2.48. The van der Waals surface area contributed by atoms with Crippen molar-refractivity contribution in [1.82, 2.24) is 9.78 Å². The molecule has 5 N–H and O–H groups in total. The largest absolute Gasteiger partial charge is 0.394 e. The summed E-state index contributed by atoms with van der Waals surface area (Å²) in [6, 6.07) is 0. The van der Waals surface area contributed by atoms with E-state index in [-0.39, 0.29) is 4.80 Å². The zero-order chi connectivity index (χ0) is 11.9. The highest BCUT2D eigenvalue weighted by molar-refractivity contribution is 7.73. The van der Waals surface area contributed by atoms with E-state index in [0.717, 1.165) is 11.3 Å². The fourth-order valence-electron chi connectivity index (χ4n) is 1.58. The molecule has 1 aliphatic heterocycles. The lowest BCUT2D eigenvalue weighted by Crippen LogP contribution is -2.34. The first-order chi connectivity index (χ1) is 7.54. The average Bonchev–Trinajstić information content (AvgIpc) is 2.70. The lowest BCUT2D eigenvalue weighted by molar-refractivity contribution is -0.0605. The second kappa shape index (κ2) is 4.35. The van der Waals surface area contributed by atoms with Crippen molar-refractivity contribution in [2.24, 2.45) is 0 Å². The quantitative estimate of drug-likeness (QED) is 0.426. The maximum absolute atomic E-state index is 9.71. The van der Waals surface area contributed by atoms with E-state index < -0.39 is 31.1 Å². The number of aliphatic hydroxyl groups excluding tert-OH is 3. The molecule has 16 heavy (non-hydrogen) atoms. The van der Waals surface area contributed by atoms with E-state index in [1.54, 1.807) is 0 Å². The minimum atomic E-state index is -1.20. The van der Waals surface area contributed by atoms with Gasteiger partial charge in [0.1, 0.15) is 18.3 Å². The zero-order valence-electron chi connectivity index (χ0n) is 8.03. The molecule has 1 aliphatic rings. The van der Waals surface area contributed by atoms with Gasteiger partial charge in [-0.1, -0.05) is 11.3 Å². The van der Waals surface area contributed by atoms with Crippen molar-refractivity contribution in [2.75, 3.05) is 6.61 Å². The first-order valence-corrected chi connectivity index (χ1v) is 5.75. The molecule has 2 heterocycles. The van der Waals surface area contributed by atoms with Crippen LogP contribution in [-0.2, 0) is 4.74 Å². The summed E-state index contributed by atoms with van der Waals surface area (Å²) in [6.07, 6.45) is -4.16. The van der Waals surface area contributed by atoms with Crippen LogP contribution < -0.4 is 4.80 Å². The number of hydrogen-bond acceptors (Lipinski definition) is 7. The van der Waals surface area contributed by atoms with Crippen molar-refractivity contribution < 1.29 is 20.1 Å². The summed E-state index contributed by atoms with van der Waals surface area (Å²) in [4.78, 5) is 0.0832. The maximum atomic E-state index is 9.71. The standard InChI is InChI=1S/C7H11N3O4S2/c8-6-10(9-7(15)16-6)5-4(13)3(12)2(1-11)14-5/h2-5,8,11-13H,1H2,(H,9,15)/t2-,3-,4-,5?/m1/s1. The number of aliphatic hydroxyl groups is 3. The summed E-state index contributed by atoms with van der Waals surface area (Å²) in [5, 5.41) is 38.4. The van der Waals surface area contributed by atoms with Crippen molar-refractivity contribution in [3.05, 3.63) is 8.76 Å². The Bertz CT molecular complexity index is 480. The molecule has 0 bridgehead atoms. The number of aromatic nitrogens is 2. The van der Waals surface area contributed by atoms with Crippen molar-refractivity contribution >= 4 is 23.6 Å². The van der Waals surface area contributed by atoms with Gasteiger partial charge < -0.3 is 20.1 Å². The van der Waals surface area contributed by atoms with Crippen LogP contribution in [0.15, 0.2) is 0 Å². The van der Waals surface area contributed by atoms with Gasteiger partial charge in [0.05, 0.1) is 6.61 Å². The highest BCUT2D eigenvalue weighted by Gasteiger charge is 2.43. The molecule has 7 nitrogen and oxygen atoms in total. The van der Waals surface area contributed by atoms with Crippen molar-refractivity contribution in [1.29, 1.82) is 5.41 Å². The van der Waals surface area contributed by atoms with Crippen LogP contribution in [0.3, 0.4) is 0 Å². The minimum absolute atomic E-state index is 0.0832. The number of aromatic amines is 1. The van der Waals surface area contributed by atoms with Gasteiger partial charge in [0.2, 0.25) is 4.80 Å². The second-order valence-corrected chi connectivity index (χ2v) is 5.07. The summed E-state index contributed by atoms with van der Waals surface area (Å²) < 4.78 is 6.85. The van der Waals surface area contributed by atoms with Crippen LogP contribution in [0.4, 0.5) is 0 Å². The smallest absolute Gasteiger partial charge is 0.201 e. The van der Waals surface area contributed by atoms with Crippen molar-refractivity contribution in [3.63, 3.8) is 0 Å². The summed E-state index contributed by atoms with van der Waals surface area (Å²) in [5.41, 5.74) is 0. The Labute approximate surface area is 99.0 Å². The van der Waals surface area contributed by atoms with Crippen LogP contribution in [0, 0.1) is 9.36 Å². The van der Waals surface area contributed by atoms with Gasteiger partial charge in [0.15, 0.2) is 10.2 Å². The van der Waals surface area contributed by atoms with E-state index in [2.05, 4.69) is 5.10 Å². The van der Waals surface area contributed by atoms with Gasteiger partial charge in [-0.3, -0.25) is 10.5 Å². The first kappa shape index (κ1) is 11.9. The predicted octanol–water partition coefficient (Wildman–Crippen LogP) is -1.30. The first-order valence-electron chi connectivity index (χ1n) is 4.53. The number of hydrogen-bond donors (Lipinski definition) is 5. The SMILES string of the molecule is N=c1sc(=S)[nH]n1C1O[C@H](CO)[C@@H](O)[C@H]1O. The monoisotopic (exact) mass is 265 g/mol. The Kier molecular flexibility index (Phi) is 3.24. The molecule has 4 atom stereocenters. The molecule has 0 aliphatic carbocycles. The van der Waals surface area contributed by atoms with Gasteiger partial charge >= 0.3 is 0 Å². The third-order valence-corrected chi connectivity index (χ3v) is 3.40. The number of rotatable bonds is 2. The van der Waals surface area contributed by atoms with E-state index in [0.29, 0.717) is 3.95 Å². The number of ether oxygens (including phenoxy) is 1. The van der Waals surface area contributed by atoms with E-state index in [9.17, 15) is 10.2 Å². The van der Waals surface area contributed by atoms with Gasteiger partial charge in [0.25, 0.3) is 0 Å². The Morgan fingerprint density at radius 3 is 2.62 bits per heavy atom. The van der Waals surface area contributed by atoms with Crippen LogP contribution in [0.2, 0.25) is 0 Å². The van der Waals surface area contributed by atoms with Gasteiger partial charge in [0, 0.05) is 0 Å².